The van der Waals surface area contributed by atoms with Gasteiger partial charge in [-0.2, -0.15) is 12.2 Å². The third-order valence-electron chi connectivity index (χ3n) is 2.11. The fourth-order valence-corrected chi connectivity index (χ4v) is 1.21. The van der Waals surface area contributed by atoms with E-state index in [1.165, 1.54) is 5.56 Å². The van der Waals surface area contributed by atoms with E-state index in [9.17, 15) is 0 Å². The molecule has 0 heterocycles. The molecule has 0 unspecified atom stereocenters. The van der Waals surface area contributed by atoms with Gasteiger partial charge in [0.2, 0.25) is 0 Å². The monoisotopic (exact) mass is 312 g/mol. The van der Waals surface area contributed by atoms with Crippen LogP contribution in [0.25, 0.3) is 0 Å². The maximum Gasteiger partial charge on any atom is 2.00 e. The second-order valence-electron chi connectivity index (χ2n) is 3.66. The number of hydrogen-bond acceptors (Lipinski definition) is 0. The van der Waals surface area contributed by atoms with Crippen LogP contribution >= 0.6 is 0 Å². The molecule has 0 N–H and O–H groups in total. The smallest absolute Gasteiger partial charge is 0.273 e. The van der Waals surface area contributed by atoms with Crippen LogP contribution in [0.15, 0.2) is 66.8 Å². The average Bonchev–Trinajstić information content (AvgIpc) is 3.09. The molecule has 1 heteroatoms. The molecule has 3 rings (SSSR count). The van der Waals surface area contributed by atoms with Gasteiger partial charge < -0.3 is 0 Å². The van der Waals surface area contributed by atoms with Crippen LogP contribution in [-0.2, 0) is 26.2 Å². The summed E-state index contributed by atoms with van der Waals surface area (Å²) >= 11 is 0. The van der Waals surface area contributed by atoms with Gasteiger partial charge in [-0.3, -0.25) is 12.2 Å². The van der Waals surface area contributed by atoms with Crippen molar-refractivity contribution < 1.29 is 26.2 Å². The van der Waals surface area contributed by atoms with E-state index in [0.29, 0.717) is 0 Å². The first kappa shape index (κ1) is 17.1. The molecule has 0 spiro atoms. The SMILES string of the molecule is Cc1ccccc1.[C-]1=CC=CC1.[C-]1=CC=CC1.[Zr+2]. The minimum absolute atomic E-state index is 0. The Morgan fingerprint density at radius 1 is 0.833 bits per heavy atom. The van der Waals surface area contributed by atoms with Crippen LogP contribution in [0.4, 0.5) is 0 Å². The summed E-state index contributed by atoms with van der Waals surface area (Å²) in [6, 6.07) is 10.3. The van der Waals surface area contributed by atoms with Crippen LogP contribution in [0.3, 0.4) is 0 Å². The predicted molar refractivity (Wildman–Crippen MR) is 74.3 cm³/mol. The van der Waals surface area contributed by atoms with Crippen molar-refractivity contribution in [1.82, 2.24) is 0 Å². The first-order valence-electron chi connectivity index (χ1n) is 5.84. The van der Waals surface area contributed by atoms with Gasteiger partial charge in [-0.05, 0) is 6.92 Å². The van der Waals surface area contributed by atoms with Crippen LogP contribution in [0, 0.1) is 19.1 Å². The molecule has 0 bridgehead atoms. The summed E-state index contributed by atoms with van der Waals surface area (Å²) in [4.78, 5) is 0. The van der Waals surface area contributed by atoms with Gasteiger partial charge in [0, 0.05) is 0 Å². The van der Waals surface area contributed by atoms with Crippen molar-refractivity contribution in [2.45, 2.75) is 19.8 Å². The van der Waals surface area contributed by atoms with E-state index in [1.807, 2.05) is 42.5 Å². The summed E-state index contributed by atoms with van der Waals surface area (Å²) in [6.45, 7) is 2.08. The Balaban J connectivity index is 0.000000239. The van der Waals surface area contributed by atoms with Crippen LogP contribution in [-0.4, -0.2) is 0 Å². The maximum absolute atomic E-state index is 2.99. The Bertz CT molecular complexity index is 355. The molecule has 0 saturated carbocycles. The second-order valence-corrected chi connectivity index (χ2v) is 3.66. The van der Waals surface area contributed by atoms with Crippen LogP contribution in [0.2, 0.25) is 0 Å². The molecular weight excluding hydrogens is 295 g/mol. The predicted octanol–water partition coefficient (Wildman–Crippen LogP) is 4.60. The average molecular weight is 314 g/mol. The molecule has 0 amide bonds. The standard InChI is InChI=1S/C7H8.2C5H5.Zr/c1-7-5-3-2-4-6-7;2*1-2-4-5-3-1;/h2-6H,1H3;2*1-3H,4H2;/q;2*-1;+2. The molecule has 0 aromatic heterocycles. The van der Waals surface area contributed by atoms with Crippen molar-refractivity contribution in [3.05, 3.63) is 84.5 Å². The van der Waals surface area contributed by atoms with Crippen LogP contribution in [0.1, 0.15) is 18.4 Å². The third kappa shape index (κ3) is 10.2. The number of hydrogen-bond donors (Lipinski definition) is 0. The van der Waals surface area contributed by atoms with Crippen molar-refractivity contribution in [2.75, 3.05) is 0 Å². The van der Waals surface area contributed by atoms with E-state index in [1.54, 1.807) is 0 Å². The first-order valence-corrected chi connectivity index (χ1v) is 5.84. The fraction of sp³-hybridized carbons (Fsp3) is 0.176. The first-order chi connectivity index (χ1) is 8.39. The van der Waals surface area contributed by atoms with E-state index in [2.05, 4.69) is 43.4 Å². The molecule has 2 aliphatic carbocycles. The van der Waals surface area contributed by atoms with Crippen LogP contribution in [0.5, 0.6) is 0 Å². The van der Waals surface area contributed by atoms with Crippen molar-refractivity contribution >= 4 is 0 Å². The second kappa shape index (κ2) is 12.5. The summed E-state index contributed by atoms with van der Waals surface area (Å²) in [5, 5.41) is 0. The molecule has 1 aromatic rings. The van der Waals surface area contributed by atoms with Crippen molar-refractivity contribution in [2.24, 2.45) is 0 Å². The zero-order valence-corrected chi connectivity index (χ0v) is 13.2. The molecule has 0 nitrogen and oxygen atoms in total. The summed E-state index contributed by atoms with van der Waals surface area (Å²) < 4.78 is 0. The van der Waals surface area contributed by atoms with Crippen LogP contribution < -0.4 is 0 Å². The molecule has 0 aliphatic heterocycles. The van der Waals surface area contributed by atoms with Gasteiger partial charge in [-0.25, -0.2) is 24.3 Å². The van der Waals surface area contributed by atoms with Gasteiger partial charge in [0.1, 0.15) is 0 Å². The molecule has 0 fully saturated rings. The normalized spacial score (nSPS) is 13.2. The zero-order valence-electron chi connectivity index (χ0n) is 10.8. The van der Waals surface area contributed by atoms with Crippen molar-refractivity contribution in [3.8, 4) is 0 Å². The van der Waals surface area contributed by atoms with Crippen molar-refractivity contribution in [3.63, 3.8) is 0 Å². The zero-order chi connectivity index (χ0) is 12.2. The largest absolute Gasteiger partial charge is 2.00 e. The van der Waals surface area contributed by atoms with E-state index in [4.69, 9.17) is 0 Å². The molecular formula is C17H18Zr. The van der Waals surface area contributed by atoms with E-state index < -0.39 is 0 Å². The molecule has 2 aliphatic rings. The summed E-state index contributed by atoms with van der Waals surface area (Å²) in [5.74, 6) is 0. The van der Waals surface area contributed by atoms with Gasteiger partial charge in [0.25, 0.3) is 0 Å². The number of rotatable bonds is 0. The Labute approximate surface area is 130 Å². The molecule has 0 atom stereocenters. The Morgan fingerprint density at radius 3 is 1.50 bits per heavy atom. The van der Waals surface area contributed by atoms with Gasteiger partial charge in [0.15, 0.2) is 0 Å². The Kier molecular flexibility index (Phi) is 11.9. The van der Waals surface area contributed by atoms with E-state index >= 15 is 0 Å². The van der Waals surface area contributed by atoms with Gasteiger partial charge in [0.05, 0.1) is 0 Å². The molecule has 90 valence electrons. The third-order valence-corrected chi connectivity index (χ3v) is 2.11. The van der Waals surface area contributed by atoms with Gasteiger partial charge >= 0.3 is 26.2 Å². The number of benzene rings is 1. The molecule has 0 radical (unpaired) electrons. The Hall–Kier alpha value is -0.937. The topological polar surface area (TPSA) is 0 Å². The van der Waals surface area contributed by atoms with E-state index in [-0.39, 0.29) is 26.2 Å². The molecule has 1 aromatic carbocycles. The van der Waals surface area contributed by atoms with Gasteiger partial charge in [-0.15, -0.1) is 12.8 Å². The number of allylic oxidation sites excluding steroid dienone is 8. The molecule has 0 saturated heterocycles. The molecule has 18 heavy (non-hydrogen) atoms. The minimum atomic E-state index is 0. The summed E-state index contributed by atoms with van der Waals surface area (Å²) in [5.41, 5.74) is 1.32. The minimum Gasteiger partial charge on any atom is -0.273 e. The van der Waals surface area contributed by atoms with E-state index in [0.717, 1.165) is 12.8 Å². The maximum atomic E-state index is 2.99. The van der Waals surface area contributed by atoms with Crippen molar-refractivity contribution in [1.29, 1.82) is 0 Å². The Morgan fingerprint density at radius 2 is 1.33 bits per heavy atom. The summed E-state index contributed by atoms with van der Waals surface area (Å²) in [6.07, 6.45) is 20.0. The number of aryl methyl sites for hydroxylation is 1. The summed E-state index contributed by atoms with van der Waals surface area (Å²) in [7, 11) is 0. The fourth-order valence-electron chi connectivity index (χ4n) is 1.21. The van der Waals surface area contributed by atoms with Gasteiger partial charge in [-0.1, -0.05) is 35.9 Å². The quantitative estimate of drug-likeness (QED) is 0.614.